The minimum atomic E-state index is -0.226. The van der Waals surface area contributed by atoms with Crippen LogP contribution in [0.2, 0.25) is 0 Å². The standard InChI is InChI=1S/C16H15FN2OS/c1-20-13-5-2-11(3-6-13)8-9-18-16-19-14-7-4-12(17)10-15(14)21-16/h2-7,10H,8-9H2,1H3,(H,18,19). The van der Waals surface area contributed by atoms with E-state index in [1.807, 2.05) is 24.3 Å². The molecular formula is C16H15FN2OS. The Morgan fingerprint density at radius 3 is 2.76 bits per heavy atom. The fourth-order valence-corrected chi connectivity index (χ4v) is 3.00. The molecule has 1 aromatic heterocycles. The summed E-state index contributed by atoms with van der Waals surface area (Å²) in [5.74, 6) is 0.635. The first-order chi connectivity index (χ1) is 10.2. The van der Waals surface area contributed by atoms with Crippen molar-refractivity contribution in [1.29, 1.82) is 0 Å². The first kappa shape index (κ1) is 13.8. The highest BCUT2D eigenvalue weighted by molar-refractivity contribution is 7.22. The SMILES string of the molecule is COc1ccc(CCNc2nc3ccc(F)cc3s2)cc1. The molecule has 0 amide bonds. The number of halogens is 1. The summed E-state index contributed by atoms with van der Waals surface area (Å²) in [7, 11) is 1.66. The molecule has 3 aromatic rings. The molecule has 0 radical (unpaired) electrons. The number of thiazole rings is 1. The number of ether oxygens (including phenoxy) is 1. The number of hydrogen-bond acceptors (Lipinski definition) is 4. The van der Waals surface area contributed by atoms with E-state index in [9.17, 15) is 4.39 Å². The molecule has 0 saturated carbocycles. The van der Waals surface area contributed by atoms with Crippen molar-refractivity contribution >= 4 is 26.7 Å². The van der Waals surface area contributed by atoms with E-state index < -0.39 is 0 Å². The van der Waals surface area contributed by atoms with Crippen molar-refractivity contribution in [3.8, 4) is 5.75 Å². The minimum Gasteiger partial charge on any atom is -0.497 e. The molecule has 2 aromatic carbocycles. The zero-order valence-electron chi connectivity index (χ0n) is 11.6. The number of nitrogens with one attached hydrogen (secondary N) is 1. The number of rotatable bonds is 5. The first-order valence-electron chi connectivity index (χ1n) is 6.67. The Hall–Kier alpha value is -2.14. The van der Waals surface area contributed by atoms with Crippen LogP contribution >= 0.6 is 11.3 Å². The number of aromatic nitrogens is 1. The molecule has 5 heteroatoms. The minimum absolute atomic E-state index is 0.226. The summed E-state index contributed by atoms with van der Waals surface area (Å²) in [4.78, 5) is 4.43. The average Bonchev–Trinajstić information content (AvgIpc) is 2.89. The lowest BCUT2D eigenvalue weighted by molar-refractivity contribution is 0.414. The molecule has 0 aliphatic heterocycles. The van der Waals surface area contributed by atoms with E-state index in [-0.39, 0.29) is 5.82 Å². The maximum Gasteiger partial charge on any atom is 0.183 e. The van der Waals surface area contributed by atoms with Crippen molar-refractivity contribution in [1.82, 2.24) is 4.98 Å². The van der Waals surface area contributed by atoms with Gasteiger partial charge in [-0.15, -0.1) is 0 Å². The fraction of sp³-hybridized carbons (Fsp3) is 0.188. The number of methoxy groups -OCH3 is 1. The third kappa shape index (κ3) is 3.31. The summed E-state index contributed by atoms with van der Waals surface area (Å²) in [5.41, 5.74) is 2.06. The Kier molecular flexibility index (Phi) is 4.01. The summed E-state index contributed by atoms with van der Waals surface area (Å²) in [6.07, 6.45) is 0.897. The number of nitrogens with zero attached hydrogens (tertiary/aromatic N) is 1. The molecule has 1 heterocycles. The van der Waals surface area contributed by atoms with Crippen LogP contribution in [-0.4, -0.2) is 18.6 Å². The molecule has 0 unspecified atom stereocenters. The Morgan fingerprint density at radius 2 is 2.00 bits per heavy atom. The lowest BCUT2D eigenvalue weighted by Crippen LogP contribution is -2.04. The molecule has 3 rings (SSSR count). The molecule has 0 atom stereocenters. The molecule has 3 nitrogen and oxygen atoms in total. The Morgan fingerprint density at radius 1 is 1.19 bits per heavy atom. The third-order valence-corrected chi connectivity index (χ3v) is 4.18. The van der Waals surface area contributed by atoms with Crippen molar-refractivity contribution in [2.45, 2.75) is 6.42 Å². The topological polar surface area (TPSA) is 34.1 Å². The van der Waals surface area contributed by atoms with Gasteiger partial charge in [0.2, 0.25) is 0 Å². The highest BCUT2D eigenvalue weighted by Gasteiger charge is 2.04. The molecule has 1 N–H and O–H groups in total. The molecular weight excluding hydrogens is 287 g/mol. The van der Waals surface area contributed by atoms with Crippen molar-refractivity contribution < 1.29 is 9.13 Å². The molecule has 0 aliphatic carbocycles. The van der Waals surface area contributed by atoms with Crippen LogP contribution in [0.4, 0.5) is 9.52 Å². The van der Waals surface area contributed by atoms with Gasteiger partial charge in [-0.05, 0) is 42.3 Å². The lowest BCUT2D eigenvalue weighted by Gasteiger charge is -2.04. The molecule has 108 valence electrons. The predicted molar refractivity (Wildman–Crippen MR) is 84.8 cm³/mol. The predicted octanol–water partition coefficient (Wildman–Crippen LogP) is 4.10. The van der Waals surface area contributed by atoms with Crippen molar-refractivity contribution in [2.24, 2.45) is 0 Å². The Bertz CT molecular complexity index is 740. The van der Waals surface area contributed by atoms with Crippen molar-refractivity contribution in [3.63, 3.8) is 0 Å². The van der Waals surface area contributed by atoms with Gasteiger partial charge in [0, 0.05) is 6.54 Å². The van der Waals surface area contributed by atoms with Gasteiger partial charge in [0.05, 0.1) is 17.3 Å². The van der Waals surface area contributed by atoms with Crippen molar-refractivity contribution in [3.05, 3.63) is 53.8 Å². The van der Waals surface area contributed by atoms with Crippen LogP contribution in [-0.2, 0) is 6.42 Å². The monoisotopic (exact) mass is 302 g/mol. The second-order valence-electron chi connectivity index (χ2n) is 4.66. The summed E-state index contributed by atoms with van der Waals surface area (Å²) >= 11 is 1.47. The number of benzene rings is 2. The van der Waals surface area contributed by atoms with Gasteiger partial charge in [-0.3, -0.25) is 0 Å². The lowest BCUT2D eigenvalue weighted by atomic mass is 10.1. The third-order valence-electron chi connectivity index (χ3n) is 3.20. The number of hydrogen-bond donors (Lipinski definition) is 1. The highest BCUT2D eigenvalue weighted by atomic mass is 32.1. The molecule has 0 aliphatic rings. The summed E-state index contributed by atoms with van der Waals surface area (Å²) in [6, 6.07) is 12.7. The normalized spacial score (nSPS) is 10.8. The zero-order chi connectivity index (χ0) is 14.7. The highest BCUT2D eigenvalue weighted by Crippen LogP contribution is 2.26. The smallest absolute Gasteiger partial charge is 0.183 e. The largest absolute Gasteiger partial charge is 0.497 e. The molecule has 0 bridgehead atoms. The van der Waals surface area contributed by atoms with E-state index in [4.69, 9.17) is 4.74 Å². The van der Waals surface area contributed by atoms with Gasteiger partial charge in [0.1, 0.15) is 11.6 Å². The molecule has 21 heavy (non-hydrogen) atoms. The van der Waals surface area contributed by atoms with Crippen molar-refractivity contribution in [2.75, 3.05) is 19.0 Å². The Labute approximate surface area is 126 Å². The van der Waals surface area contributed by atoms with Gasteiger partial charge in [-0.2, -0.15) is 0 Å². The summed E-state index contributed by atoms with van der Waals surface area (Å²) in [6.45, 7) is 0.786. The van der Waals surface area contributed by atoms with Gasteiger partial charge in [-0.25, -0.2) is 9.37 Å². The van der Waals surface area contributed by atoms with Gasteiger partial charge in [0.25, 0.3) is 0 Å². The fourth-order valence-electron chi connectivity index (χ4n) is 2.08. The van der Waals surface area contributed by atoms with Crippen LogP contribution in [0.5, 0.6) is 5.75 Å². The van der Waals surface area contributed by atoms with E-state index in [0.717, 1.165) is 34.1 Å². The number of anilines is 1. The van der Waals surface area contributed by atoms with Gasteiger partial charge >= 0.3 is 0 Å². The van der Waals surface area contributed by atoms with Crippen LogP contribution in [0.25, 0.3) is 10.2 Å². The molecule has 0 spiro atoms. The second-order valence-corrected chi connectivity index (χ2v) is 5.69. The van der Waals surface area contributed by atoms with Gasteiger partial charge in [-0.1, -0.05) is 23.5 Å². The Balaban J connectivity index is 1.60. The van der Waals surface area contributed by atoms with E-state index in [2.05, 4.69) is 10.3 Å². The summed E-state index contributed by atoms with van der Waals surface area (Å²) < 4.78 is 19.1. The summed E-state index contributed by atoms with van der Waals surface area (Å²) in [5, 5.41) is 4.11. The van der Waals surface area contributed by atoms with E-state index in [0.29, 0.717) is 0 Å². The quantitative estimate of drug-likeness (QED) is 0.770. The van der Waals surface area contributed by atoms with Gasteiger partial charge < -0.3 is 10.1 Å². The zero-order valence-corrected chi connectivity index (χ0v) is 12.4. The molecule has 0 saturated heterocycles. The van der Waals surface area contributed by atoms with E-state index in [1.54, 1.807) is 13.2 Å². The van der Waals surface area contributed by atoms with E-state index >= 15 is 0 Å². The maximum atomic E-state index is 13.1. The molecule has 0 fully saturated rings. The van der Waals surface area contributed by atoms with Crippen LogP contribution in [0.1, 0.15) is 5.56 Å². The van der Waals surface area contributed by atoms with Crippen LogP contribution in [0.3, 0.4) is 0 Å². The van der Waals surface area contributed by atoms with Crippen LogP contribution in [0.15, 0.2) is 42.5 Å². The van der Waals surface area contributed by atoms with E-state index in [1.165, 1.54) is 29.0 Å². The first-order valence-corrected chi connectivity index (χ1v) is 7.49. The maximum absolute atomic E-state index is 13.1. The van der Waals surface area contributed by atoms with Gasteiger partial charge in [0.15, 0.2) is 5.13 Å². The second kappa shape index (κ2) is 6.10. The van der Waals surface area contributed by atoms with Crippen LogP contribution < -0.4 is 10.1 Å². The van der Waals surface area contributed by atoms with Crippen LogP contribution in [0, 0.1) is 5.82 Å². The average molecular weight is 302 g/mol. The number of fused-ring (bicyclic) bond motifs is 1.